The lowest BCUT2D eigenvalue weighted by molar-refractivity contribution is -0.134. The highest BCUT2D eigenvalue weighted by molar-refractivity contribution is 6.04. The van der Waals surface area contributed by atoms with Crippen LogP contribution in [0, 0.1) is 5.92 Å². The van der Waals surface area contributed by atoms with Gasteiger partial charge in [0.1, 0.15) is 0 Å². The average Bonchev–Trinajstić information content (AvgIpc) is 2.98. The number of benzene rings is 1. The fourth-order valence-corrected chi connectivity index (χ4v) is 2.98. The van der Waals surface area contributed by atoms with Crippen molar-refractivity contribution >= 4 is 11.5 Å². The zero-order valence-electron chi connectivity index (χ0n) is 11.0. The van der Waals surface area contributed by atoms with Crippen molar-refractivity contribution in [2.24, 2.45) is 11.1 Å². The lowest BCUT2D eigenvalue weighted by atomic mass is 9.83. The van der Waals surface area contributed by atoms with E-state index in [1.165, 1.54) is 19.3 Å². The molecule has 0 aromatic heterocycles. The Kier molecular flexibility index (Phi) is 3.62. The molecule has 0 radical (unpaired) electrons. The summed E-state index contributed by atoms with van der Waals surface area (Å²) in [6.07, 6.45) is 5.95. The molecule has 1 atom stereocenters. The molecule has 100 valence electrons. The minimum atomic E-state index is -0.349. The summed E-state index contributed by atoms with van der Waals surface area (Å²) in [4.78, 5) is 17.8. The van der Waals surface area contributed by atoms with Gasteiger partial charge in [0.2, 0.25) is 0 Å². The summed E-state index contributed by atoms with van der Waals surface area (Å²) in [6, 6.07) is 9.96. The van der Waals surface area contributed by atoms with Gasteiger partial charge in [-0.25, -0.2) is 0 Å². The molecule has 3 heteroatoms. The molecular formula is C16H19NO2. The molecule has 0 amide bonds. The van der Waals surface area contributed by atoms with Crippen molar-refractivity contribution in [2.45, 2.75) is 44.6 Å². The number of hydrogen-bond donors (Lipinski definition) is 0. The van der Waals surface area contributed by atoms with E-state index >= 15 is 0 Å². The molecule has 1 aliphatic carbocycles. The lowest BCUT2D eigenvalue weighted by Crippen LogP contribution is -2.29. The smallest absolute Gasteiger partial charge is 0.191 e. The molecule has 0 spiro atoms. The van der Waals surface area contributed by atoms with E-state index in [1.807, 2.05) is 30.3 Å². The van der Waals surface area contributed by atoms with E-state index in [9.17, 15) is 4.79 Å². The van der Waals surface area contributed by atoms with Gasteiger partial charge in [0.15, 0.2) is 11.9 Å². The Labute approximate surface area is 113 Å². The van der Waals surface area contributed by atoms with Crippen molar-refractivity contribution in [3.8, 4) is 0 Å². The van der Waals surface area contributed by atoms with Gasteiger partial charge in [-0.1, -0.05) is 54.8 Å². The molecular weight excluding hydrogens is 238 g/mol. The van der Waals surface area contributed by atoms with Crippen molar-refractivity contribution in [3.63, 3.8) is 0 Å². The van der Waals surface area contributed by atoms with Crippen molar-refractivity contribution < 1.29 is 9.63 Å². The predicted molar refractivity (Wildman–Crippen MR) is 74.1 cm³/mol. The maximum atomic E-state index is 12.4. The maximum absolute atomic E-state index is 12.4. The summed E-state index contributed by atoms with van der Waals surface area (Å²) in [6.45, 7) is 0. The Bertz CT molecular complexity index is 475. The monoisotopic (exact) mass is 257 g/mol. The molecule has 1 aromatic rings. The van der Waals surface area contributed by atoms with Crippen LogP contribution in [-0.4, -0.2) is 17.6 Å². The van der Waals surface area contributed by atoms with Crippen LogP contribution in [0.2, 0.25) is 0 Å². The fourth-order valence-electron chi connectivity index (χ4n) is 2.98. The van der Waals surface area contributed by atoms with E-state index in [2.05, 4.69) is 5.16 Å². The van der Waals surface area contributed by atoms with E-state index in [0.717, 1.165) is 24.1 Å². The Morgan fingerprint density at radius 2 is 1.84 bits per heavy atom. The number of oxime groups is 1. The molecule has 1 fully saturated rings. The van der Waals surface area contributed by atoms with Crippen molar-refractivity contribution in [2.75, 3.05) is 0 Å². The molecule has 3 rings (SSSR count). The second kappa shape index (κ2) is 5.55. The third kappa shape index (κ3) is 2.70. The minimum Gasteiger partial charge on any atom is -0.384 e. The van der Waals surface area contributed by atoms with Crippen LogP contribution in [0.15, 0.2) is 35.5 Å². The lowest BCUT2D eigenvalue weighted by Gasteiger charge is -2.22. The van der Waals surface area contributed by atoms with Gasteiger partial charge < -0.3 is 4.84 Å². The van der Waals surface area contributed by atoms with Crippen molar-refractivity contribution in [1.29, 1.82) is 0 Å². The first-order chi connectivity index (χ1) is 9.34. The second-order valence-electron chi connectivity index (χ2n) is 5.44. The summed E-state index contributed by atoms with van der Waals surface area (Å²) in [5.41, 5.74) is 1.95. The van der Waals surface area contributed by atoms with E-state index in [1.54, 1.807) is 0 Å². The fraction of sp³-hybridized carbons (Fsp3) is 0.500. The van der Waals surface area contributed by atoms with Crippen LogP contribution in [-0.2, 0) is 9.63 Å². The van der Waals surface area contributed by atoms with E-state index in [0.29, 0.717) is 6.42 Å². The first kappa shape index (κ1) is 12.4. The molecule has 1 heterocycles. The molecule has 0 saturated heterocycles. The summed E-state index contributed by atoms with van der Waals surface area (Å²) in [7, 11) is 0. The van der Waals surface area contributed by atoms with Gasteiger partial charge in [-0.2, -0.15) is 0 Å². The molecule has 2 aliphatic rings. The Balaban J connectivity index is 1.63. The van der Waals surface area contributed by atoms with Gasteiger partial charge >= 0.3 is 0 Å². The summed E-state index contributed by atoms with van der Waals surface area (Å²) in [5, 5.41) is 4.10. The predicted octanol–water partition coefficient (Wildman–Crippen LogP) is 3.33. The van der Waals surface area contributed by atoms with Gasteiger partial charge in [-0.3, -0.25) is 4.79 Å². The highest BCUT2D eigenvalue weighted by Crippen LogP contribution is 2.28. The average molecular weight is 257 g/mol. The number of ketones is 1. The third-order valence-electron chi connectivity index (χ3n) is 4.10. The standard InChI is InChI=1S/C16H19NO2/c18-16(13-9-5-2-6-10-13)15-11-14(17-19-15)12-7-3-1-4-8-12/h1,3-4,7-8,13,15H,2,5-6,9-11H2/t15-/m0/s1. The van der Waals surface area contributed by atoms with Crippen LogP contribution in [0.4, 0.5) is 0 Å². The van der Waals surface area contributed by atoms with Gasteiger partial charge in [0, 0.05) is 12.3 Å². The van der Waals surface area contributed by atoms with E-state index < -0.39 is 0 Å². The summed E-state index contributed by atoms with van der Waals surface area (Å²) >= 11 is 0. The van der Waals surface area contributed by atoms with Crippen LogP contribution in [0.5, 0.6) is 0 Å². The SMILES string of the molecule is O=C(C1CCCCC1)[C@@H]1CC(c2ccccc2)=NO1. The number of nitrogens with zero attached hydrogens (tertiary/aromatic N) is 1. The van der Waals surface area contributed by atoms with Crippen molar-refractivity contribution in [1.82, 2.24) is 0 Å². The van der Waals surface area contributed by atoms with E-state index in [-0.39, 0.29) is 17.8 Å². The number of hydrogen-bond acceptors (Lipinski definition) is 3. The van der Waals surface area contributed by atoms with Crippen LogP contribution >= 0.6 is 0 Å². The summed E-state index contributed by atoms with van der Waals surface area (Å²) in [5.74, 6) is 0.457. The highest BCUT2D eigenvalue weighted by atomic mass is 16.6. The van der Waals surface area contributed by atoms with Gasteiger partial charge in [0.05, 0.1) is 5.71 Å². The van der Waals surface area contributed by atoms with Gasteiger partial charge in [-0.05, 0) is 18.4 Å². The first-order valence-corrected chi connectivity index (χ1v) is 7.16. The normalized spacial score (nSPS) is 23.8. The topological polar surface area (TPSA) is 38.7 Å². The van der Waals surface area contributed by atoms with Crippen molar-refractivity contribution in [3.05, 3.63) is 35.9 Å². The van der Waals surface area contributed by atoms with E-state index in [4.69, 9.17) is 4.84 Å². The zero-order valence-corrected chi connectivity index (χ0v) is 11.0. The zero-order chi connectivity index (χ0) is 13.1. The molecule has 1 saturated carbocycles. The molecule has 1 aromatic carbocycles. The number of Topliss-reactive ketones (excluding diaryl/α,β-unsaturated/α-hetero) is 1. The summed E-state index contributed by atoms with van der Waals surface area (Å²) < 4.78 is 0. The van der Waals surface area contributed by atoms with Crippen LogP contribution in [0.25, 0.3) is 0 Å². The number of rotatable bonds is 3. The van der Waals surface area contributed by atoms with Gasteiger partial charge in [-0.15, -0.1) is 0 Å². The first-order valence-electron chi connectivity index (χ1n) is 7.16. The Hall–Kier alpha value is -1.64. The number of carbonyl (C=O) groups is 1. The quantitative estimate of drug-likeness (QED) is 0.833. The van der Waals surface area contributed by atoms with Gasteiger partial charge in [0.25, 0.3) is 0 Å². The molecule has 1 aliphatic heterocycles. The minimum absolute atomic E-state index is 0.198. The Morgan fingerprint density at radius 3 is 2.58 bits per heavy atom. The maximum Gasteiger partial charge on any atom is 0.191 e. The van der Waals surface area contributed by atoms with Crippen LogP contribution < -0.4 is 0 Å². The molecule has 0 unspecified atom stereocenters. The Morgan fingerprint density at radius 1 is 1.11 bits per heavy atom. The highest BCUT2D eigenvalue weighted by Gasteiger charge is 2.34. The molecule has 0 N–H and O–H groups in total. The number of carbonyl (C=O) groups excluding carboxylic acids is 1. The molecule has 0 bridgehead atoms. The third-order valence-corrected chi connectivity index (χ3v) is 4.10. The largest absolute Gasteiger partial charge is 0.384 e. The molecule has 3 nitrogen and oxygen atoms in total. The van der Waals surface area contributed by atoms with Crippen LogP contribution in [0.1, 0.15) is 44.1 Å². The van der Waals surface area contributed by atoms with Crippen LogP contribution in [0.3, 0.4) is 0 Å². The molecule has 19 heavy (non-hydrogen) atoms. The second-order valence-corrected chi connectivity index (χ2v) is 5.44.